The zero-order valence-electron chi connectivity index (χ0n) is 12.0. The fourth-order valence-electron chi connectivity index (χ4n) is 2.60. The second-order valence-electron chi connectivity index (χ2n) is 5.51. The molecule has 0 spiro atoms. The molecule has 1 fully saturated rings. The zero-order chi connectivity index (χ0) is 16.0. The fourth-order valence-corrected chi connectivity index (χ4v) is 3.32. The van der Waals surface area contributed by atoms with E-state index in [0.29, 0.717) is 12.6 Å². The van der Waals surface area contributed by atoms with Gasteiger partial charge in [-0.3, -0.25) is 0 Å². The van der Waals surface area contributed by atoms with Gasteiger partial charge in [-0.1, -0.05) is 12.1 Å². The van der Waals surface area contributed by atoms with Crippen LogP contribution in [-0.2, 0) is 12.7 Å². The molecule has 1 N–H and O–H groups in total. The molecule has 1 aliphatic carbocycles. The summed E-state index contributed by atoms with van der Waals surface area (Å²) in [5.74, 6) is 0.831. The molecule has 0 atom stereocenters. The maximum absolute atomic E-state index is 12.6. The summed E-state index contributed by atoms with van der Waals surface area (Å²) in [4.78, 5) is 8.19. The second-order valence-corrected chi connectivity index (χ2v) is 6.37. The largest absolute Gasteiger partial charge is 0.434 e. The van der Waals surface area contributed by atoms with Crippen LogP contribution < -0.4 is 5.32 Å². The number of hydrogen-bond donors (Lipinski definition) is 1. The number of alkyl halides is 3. The van der Waals surface area contributed by atoms with Gasteiger partial charge in [0.15, 0.2) is 10.8 Å². The number of benzene rings is 1. The molecule has 2 aromatic heterocycles. The standard InChI is InChI=1S/C15H13F3N4S/c16-15(17,18)12-8-23-14(21-12)19-7-13-20-10-3-1-2-4-11(10)22(13)9-5-6-9/h1-4,8-9H,5-7H2,(H,19,21). The summed E-state index contributed by atoms with van der Waals surface area (Å²) in [5, 5.41) is 4.24. The molecule has 8 heteroatoms. The number of rotatable bonds is 4. The van der Waals surface area contributed by atoms with E-state index in [1.807, 2.05) is 24.3 Å². The summed E-state index contributed by atoms with van der Waals surface area (Å²) in [5.41, 5.74) is 1.12. The Bertz CT molecular complexity index is 848. The van der Waals surface area contributed by atoms with Gasteiger partial charge < -0.3 is 9.88 Å². The van der Waals surface area contributed by atoms with Gasteiger partial charge in [-0.15, -0.1) is 11.3 Å². The third-order valence-corrected chi connectivity index (χ3v) is 4.57. The molecule has 0 aliphatic heterocycles. The van der Waals surface area contributed by atoms with Gasteiger partial charge in [-0.25, -0.2) is 9.97 Å². The predicted molar refractivity (Wildman–Crippen MR) is 82.4 cm³/mol. The molecule has 0 unspecified atom stereocenters. The van der Waals surface area contributed by atoms with Crippen molar-refractivity contribution < 1.29 is 13.2 Å². The molecule has 4 rings (SSSR count). The smallest absolute Gasteiger partial charge is 0.354 e. The van der Waals surface area contributed by atoms with Crippen LogP contribution >= 0.6 is 11.3 Å². The Morgan fingerprint density at radius 1 is 1.22 bits per heavy atom. The van der Waals surface area contributed by atoms with E-state index in [1.54, 1.807) is 0 Å². The number of imidazole rings is 1. The van der Waals surface area contributed by atoms with Gasteiger partial charge in [-0.05, 0) is 25.0 Å². The maximum Gasteiger partial charge on any atom is 0.434 e. The van der Waals surface area contributed by atoms with Crippen LogP contribution in [0.1, 0.15) is 30.4 Å². The summed E-state index contributed by atoms with van der Waals surface area (Å²) in [7, 11) is 0. The highest BCUT2D eigenvalue weighted by atomic mass is 32.1. The molecule has 0 saturated heterocycles. The summed E-state index contributed by atoms with van der Waals surface area (Å²) >= 11 is 0.953. The molecule has 1 aliphatic rings. The van der Waals surface area contributed by atoms with Crippen LogP contribution in [0.5, 0.6) is 0 Å². The average Bonchev–Trinajstić information content (AvgIpc) is 3.10. The van der Waals surface area contributed by atoms with Gasteiger partial charge in [0.2, 0.25) is 0 Å². The molecule has 2 heterocycles. The fraction of sp³-hybridized carbons (Fsp3) is 0.333. The Kier molecular flexibility index (Phi) is 3.29. The van der Waals surface area contributed by atoms with Gasteiger partial charge in [0.25, 0.3) is 0 Å². The number of fused-ring (bicyclic) bond motifs is 1. The minimum Gasteiger partial charge on any atom is -0.354 e. The Morgan fingerprint density at radius 2 is 2.00 bits per heavy atom. The lowest BCUT2D eigenvalue weighted by molar-refractivity contribution is -0.140. The zero-order valence-corrected chi connectivity index (χ0v) is 12.8. The number of hydrogen-bond acceptors (Lipinski definition) is 4. The van der Waals surface area contributed by atoms with E-state index in [1.165, 1.54) is 0 Å². The van der Waals surface area contributed by atoms with Crippen molar-refractivity contribution in [1.82, 2.24) is 14.5 Å². The quantitative estimate of drug-likeness (QED) is 0.764. The number of nitrogens with one attached hydrogen (secondary N) is 1. The van der Waals surface area contributed by atoms with Crippen molar-refractivity contribution in [3.8, 4) is 0 Å². The highest BCUT2D eigenvalue weighted by Crippen LogP contribution is 2.39. The minimum absolute atomic E-state index is 0.256. The van der Waals surface area contributed by atoms with E-state index in [0.717, 1.165) is 46.4 Å². The minimum atomic E-state index is -4.41. The van der Waals surface area contributed by atoms with Crippen molar-refractivity contribution in [2.45, 2.75) is 31.6 Å². The Balaban J connectivity index is 1.58. The molecule has 3 aromatic rings. The first kappa shape index (κ1) is 14.5. The predicted octanol–water partition coefficient (Wildman–Crippen LogP) is 4.46. The molecule has 1 aromatic carbocycles. The molecular formula is C15H13F3N4S. The van der Waals surface area contributed by atoms with Gasteiger partial charge in [0, 0.05) is 11.4 Å². The van der Waals surface area contributed by atoms with Crippen molar-refractivity contribution in [3.05, 3.63) is 41.2 Å². The molecule has 0 radical (unpaired) electrons. The first-order valence-corrected chi connectivity index (χ1v) is 8.13. The first-order valence-electron chi connectivity index (χ1n) is 7.25. The van der Waals surface area contributed by atoms with Crippen LogP contribution in [-0.4, -0.2) is 14.5 Å². The van der Waals surface area contributed by atoms with Crippen molar-refractivity contribution >= 4 is 27.5 Å². The molecule has 4 nitrogen and oxygen atoms in total. The third kappa shape index (κ3) is 2.78. The lowest BCUT2D eigenvalue weighted by Crippen LogP contribution is -2.09. The van der Waals surface area contributed by atoms with E-state index in [9.17, 15) is 13.2 Å². The summed E-state index contributed by atoms with van der Waals surface area (Å²) in [6, 6.07) is 8.32. The van der Waals surface area contributed by atoms with Crippen LogP contribution in [0.2, 0.25) is 0 Å². The molecule has 120 valence electrons. The number of thiazole rings is 1. The molecule has 1 saturated carbocycles. The molecular weight excluding hydrogens is 325 g/mol. The van der Waals surface area contributed by atoms with Crippen molar-refractivity contribution in [1.29, 1.82) is 0 Å². The first-order chi connectivity index (χ1) is 11.0. The van der Waals surface area contributed by atoms with Crippen LogP contribution in [0.3, 0.4) is 0 Å². The summed E-state index contributed by atoms with van der Waals surface area (Å²) in [6.07, 6.45) is -2.18. The number of halogens is 3. The van der Waals surface area contributed by atoms with E-state index in [-0.39, 0.29) is 5.13 Å². The highest BCUT2D eigenvalue weighted by Gasteiger charge is 2.34. The third-order valence-electron chi connectivity index (χ3n) is 3.77. The number of anilines is 1. The van der Waals surface area contributed by atoms with Crippen LogP contribution in [0, 0.1) is 0 Å². The van der Waals surface area contributed by atoms with E-state index < -0.39 is 11.9 Å². The Labute approximate surface area is 134 Å². The molecule has 23 heavy (non-hydrogen) atoms. The lowest BCUT2D eigenvalue weighted by Gasteiger charge is -2.08. The van der Waals surface area contributed by atoms with Gasteiger partial charge in [0.05, 0.1) is 17.6 Å². The van der Waals surface area contributed by atoms with Crippen molar-refractivity contribution in [2.24, 2.45) is 0 Å². The van der Waals surface area contributed by atoms with Gasteiger partial charge >= 0.3 is 6.18 Å². The maximum atomic E-state index is 12.6. The normalized spacial score (nSPS) is 15.3. The lowest BCUT2D eigenvalue weighted by atomic mass is 10.3. The van der Waals surface area contributed by atoms with Crippen LogP contribution in [0.4, 0.5) is 18.3 Å². The second kappa shape index (κ2) is 5.23. The number of para-hydroxylation sites is 2. The average molecular weight is 338 g/mol. The van der Waals surface area contributed by atoms with Crippen molar-refractivity contribution in [3.63, 3.8) is 0 Å². The van der Waals surface area contributed by atoms with Gasteiger partial charge in [0.1, 0.15) is 5.82 Å². The Hall–Kier alpha value is -2.09. The summed E-state index contributed by atoms with van der Waals surface area (Å²) < 4.78 is 39.9. The number of aromatic nitrogens is 3. The van der Waals surface area contributed by atoms with Crippen molar-refractivity contribution in [2.75, 3.05) is 5.32 Å². The SMILES string of the molecule is FC(F)(F)c1csc(NCc2nc3ccccc3n2C2CC2)n1. The van der Waals surface area contributed by atoms with E-state index in [4.69, 9.17) is 0 Å². The number of nitrogens with zero attached hydrogens (tertiary/aromatic N) is 3. The van der Waals surface area contributed by atoms with Crippen LogP contribution in [0.15, 0.2) is 29.6 Å². The monoisotopic (exact) mass is 338 g/mol. The topological polar surface area (TPSA) is 42.7 Å². The Morgan fingerprint density at radius 3 is 2.70 bits per heavy atom. The molecule has 0 bridgehead atoms. The highest BCUT2D eigenvalue weighted by molar-refractivity contribution is 7.13. The van der Waals surface area contributed by atoms with Gasteiger partial charge in [-0.2, -0.15) is 13.2 Å². The van der Waals surface area contributed by atoms with E-state index >= 15 is 0 Å². The van der Waals surface area contributed by atoms with E-state index in [2.05, 4.69) is 19.9 Å². The summed E-state index contributed by atoms with van der Waals surface area (Å²) in [6.45, 7) is 0.357. The molecule has 0 amide bonds. The van der Waals surface area contributed by atoms with Crippen LogP contribution in [0.25, 0.3) is 11.0 Å².